The third-order valence-corrected chi connectivity index (χ3v) is 7.65. The molecular formula is C30H41N7O3. The second-order valence-electron chi connectivity index (χ2n) is 11.0. The van der Waals surface area contributed by atoms with Crippen LogP contribution in [0.15, 0.2) is 42.7 Å². The number of carbonyl (C=O) groups excluding carboxylic acids is 1. The summed E-state index contributed by atoms with van der Waals surface area (Å²) in [6.45, 7) is 15.6. The summed E-state index contributed by atoms with van der Waals surface area (Å²) < 4.78 is 11.2. The van der Waals surface area contributed by atoms with Crippen molar-refractivity contribution in [1.29, 1.82) is 0 Å². The lowest BCUT2D eigenvalue weighted by molar-refractivity contribution is 0.0160. The summed E-state index contributed by atoms with van der Waals surface area (Å²) >= 11 is 0. The zero-order valence-corrected chi connectivity index (χ0v) is 24.0. The average molecular weight is 548 g/mol. The summed E-state index contributed by atoms with van der Waals surface area (Å²) in [6.07, 6.45) is 3.59. The Balaban J connectivity index is 1.30. The summed E-state index contributed by atoms with van der Waals surface area (Å²) in [5.41, 5.74) is 2.38. The van der Waals surface area contributed by atoms with E-state index in [0.29, 0.717) is 37.4 Å². The molecule has 2 aliphatic rings. The molecule has 2 fully saturated rings. The van der Waals surface area contributed by atoms with Crippen molar-refractivity contribution in [2.75, 3.05) is 63.9 Å². The van der Waals surface area contributed by atoms with Crippen molar-refractivity contribution in [1.82, 2.24) is 30.1 Å². The molecule has 214 valence electrons. The predicted molar refractivity (Wildman–Crippen MR) is 156 cm³/mol. The average Bonchev–Trinajstić information content (AvgIpc) is 2.97. The van der Waals surface area contributed by atoms with Crippen molar-refractivity contribution in [3.63, 3.8) is 0 Å². The standard InChI is InChI=1S/C30H41N7O3/c1-21(2)35-10-12-37(13-11-35)28-9-8-24-25(6-5-7-26(24)34-28)29(38)31-20-27(36-14-16-39-17-15-36)23-18-32-30(33-19-23)40-22(3)4/h5-9,18-19,21-22,27H,10-17,20H2,1-4H3,(H,31,38). The molecule has 0 aliphatic carbocycles. The van der Waals surface area contributed by atoms with E-state index < -0.39 is 0 Å². The highest BCUT2D eigenvalue weighted by Gasteiger charge is 2.25. The Morgan fingerprint density at radius 1 is 0.950 bits per heavy atom. The molecule has 3 aromatic rings. The molecule has 0 radical (unpaired) electrons. The van der Waals surface area contributed by atoms with Crippen LogP contribution in [0.4, 0.5) is 5.82 Å². The normalized spacial score (nSPS) is 17.9. The van der Waals surface area contributed by atoms with E-state index >= 15 is 0 Å². The number of fused-ring (bicyclic) bond motifs is 1. The Hall–Kier alpha value is -3.34. The van der Waals surface area contributed by atoms with E-state index in [9.17, 15) is 4.79 Å². The topological polar surface area (TPSA) is 95.9 Å². The fraction of sp³-hybridized carbons (Fsp3) is 0.533. The van der Waals surface area contributed by atoms with Crippen molar-refractivity contribution in [3.05, 3.63) is 53.9 Å². The lowest BCUT2D eigenvalue weighted by Crippen LogP contribution is -2.49. The highest BCUT2D eigenvalue weighted by molar-refractivity contribution is 6.06. The van der Waals surface area contributed by atoms with E-state index in [1.165, 1.54) is 0 Å². The lowest BCUT2D eigenvalue weighted by atomic mass is 10.1. The van der Waals surface area contributed by atoms with Crippen LogP contribution in [0.25, 0.3) is 10.9 Å². The number of ether oxygens (including phenoxy) is 2. The molecule has 1 unspecified atom stereocenters. The van der Waals surface area contributed by atoms with Crippen molar-refractivity contribution in [2.24, 2.45) is 0 Å². The lowest BCUT2D eigenvalue weighted by Gasteiger charge is -2.37. The quantitative estimate of drug-likeness (QED) is 0.433. The van der Waals surface area contributed by atoms with Gasteiger partial charge in [0.25, 0.3) is 5.91 Å². The maximum atomic E-state index is 13.5. The van der Waals surface area contributed by atoms with Crippen LogP contribution in [0.2, 0.25) is 0 Å². The van der Waals surface area contributed by atoms with E-state index in [0.717, 1.165) is 61.6 Å². The Kier molecular flexibility index (Phi) is 9.08. The maximum Gasteiger partial charge on any atom is 0.316 e. The zero-order chi connectivity index (χ0) is 28.1. The number of hydrogen-bond donors (Lipinski definition) is 1. The number of piperazine rings is 1. The van der Waals surface area contributed by atoms with Gasteiger partial charge in [-0.2, -0.15) is 0 Å². The van der Waals surface area contributed by atoms with E-state index in [1.807, 2.05) is 44.2 Å². The molecule has 10 heteroatoms. The monoisotopic (exact) mass is 547 g/mol. The number of carbonyl (C=O) groups is 1. The van der Waals surface area contributed by atoms with Crippen molar-refractivity contribution < 1.29 is 14.3 Å². The zero-order valence-electron chi connectivity index (χ0n) is 24.0. The van der Waals surface area contributed by atoms with E-state index in [-0.39, 0.29) is 18.1 Å². The summed E-state index contributed by atoms with van der Waals surface area (Å²) in [6, 6.07) is 10.7. The Labute approximate surface area is 236 Å². The number of amides is 1. The number of nitrogens with zero attached hydrogens (tertiary/aromatic N) is 6. The van der Waals surface area contributed by atoms with Gasteiger partial charge in [0, 0.05) is 80.8 Å². The van der Waals surface area contributed by atoms with Gasteiger partial charge in [-0.05, 0) is 52.0 Å². The Bertz CT molecular complexity index is 1270. The van der Waals surface area contributed by atoms with Gasteiger partial charge in [0.05, 0.1) is 30.9 Å². The SMILES string of the molecule is CC(C)Oc1ncc(C(CNC(=O)c2cccc3nc(N4CCN(C(C)C)CC4)ccc23)N2CCOCC2)cn1. The number of morpholine rings is 1. The van der Waals surface area contributed by atoms with Crippen LogP contribution >= 0.6 is 0 Å². The first-order valence-electron chi connectivity index (χ1n) is 14.4. The smallest absolute Gasteiger partial charge is 0.316 e. The summed E-state index contributed by atoms with van der Waals surface area (Å²) in [5, 5.41) is 4.03. The molecule has 40 heavy (non-hydrogen) atoms. The van der Waals surface area contributed by atoms with Crippen LogP contribution in [0.3, 0.4) is 0 Å². The number of benzene rings is 1. The van der Waals surface area contributed by atoms with Gasteiger partial charge >= 0.3 is 6.01 Å². The van der Waals surface area contributed by atoms with Crippen LogP contribution in [-0.4, -0.2) is 102 Å². The fourth-order valence-corrected chi connectivity index (χ4v) is 5.39. The number of rotatable bonds is 9. The molecule has 5 rings (SSSR count). The minimum Gasteiger partial charge on any atom is -0.461 e. The molecular weight excluding hydrogens is 506 g/mol. The highest BCUT2D eigenvalue weighted by atomic mass is 16.5. The number of pyridine rings is 1. The summed E-state index contributed by atoms with van der Waals surface area (Å²) in [7, 11) is 0. The molecule has 10 nitrogen and oxygen atoms in total. The number of aromatic nitrogens is 3. The first-order valence-corrected chi connectivity index (χ1v) is 14.4. The minimum absolute atomic E-state index is 0.00142. The second kappa shape index (κ2) is 12.9. The second-order valence-corrected chi connectivity index (χ2v) is 11.0. The van der Waals surface area contributed by atoms with Gasteiger partial charge in [0.1, 0.15) is 5.82 Å². The van der Waals surface area contributed by atoms with Crippen molar-refractivity contribution in [2.45, 2.75) is 45.9 Å². The molecule has 4 heterocycles. The molecule has 0 bridgehead atoms. The first kappa shape index (κ1) is 28.2. The molecule has 2 aromatic heterocycles. The molecule has 1 N–H and O–H groups in total. The highest BCUT2D eigenvalue weighted by Crippen LogP contribution is 2.24. The van der Waals surface area contributed by atoms with Crippen LogP contribution in [0.1, 0.15) is 49.7 Å². The van der Waals surface area contributed by atoms with Gasteiger partial charge in [-0.3, -0.25) is 14.6 Å². The van der Waals surface area contributed by atoms with Gasteiger partial charge in [-0.25, -0.2) is 15.0 Å². The van der Waals surface area contributed by atoms with Crippen molar-refractivity contribution in [3.8, 4) is 6.01 Å². The first-order chi connectivity index (χ1) is 19.4. The summed E-state index contributed by atoms with van der Waals surface area (Å²) in [4.78, 5) is 34.4. The van der Waals surface area contributed by atoms with E-state index in [2.05, 4.69) is 43.8 Å². The fourth-order valence-electron chi connectivity index (χ4n) is 5.39. The van der Waals surface area contributed by atoms with Crippen LogP contribution < -0.4 is 15.0 Å². The third-order valence-electron chi connectivity index (χ3n) is 7.65. The maximum absolute atomic E-state index is 13.5. The van der Waals surface area contributed by atoms with Gasteiger partial charge < -0.3 is 19.7 Å². The minimum atomic E-state index is -0.121. The van der Waals surface area contributed by atoms with Gasteiger partial charge in [-0.15, -0.1) is 0 Å². The van der Waals surface area contributed by atoms with Gasteiger partial charge in [0.2, 0.25) is 0 Å². The largest absolute Gasteiger partial charge is 0.461 e. The predicted octanol–water partition coefficient (Wildman–Crippen LogP) is 3.15. The molecule has 1 amide bonds. The van der Waals surface area contributed by atoms with Crippen LogP contribution in [0, 0.1) is 0 Å². The number of hydrogen-bond acceptors (Lipinski definition) is 9. The number of anilines is 1. The molecule has 2 aliphatic heterocycles. The molecule has 0 saturated carbocycles. The molecule has 2 saturated heterocycles. The molecule has 1 aromatic carbocycles. The van der Waals surface area contributed by atoms with Crippen LogP contribution in [0.5, 0.6) is 6.01 Å². The van der Waals surface area contributed by atoms with Gasteiger partial charge in [-0.1, -0.05) is 6.07 Å². The number of nitrogens with one attached hydrogen (secondary N) is 1. The van der Waals surface area contributed by atoms with Crippen LogP contribution in [-0.2, 0) is 4.74 Å². The van der Waals surface area contributed by atoms with E-state index in [4.69, 9.17) is 14.5 Å². The summed E-state index contributed by atoms with van der Waals surface area (Å²) in [5.74, 6) is 0.843. The van der Waals surface area contributed by atoms with Crippen molar-refractivity contribution >= 4 is 22.6 Å². The third kappa shape index (κ3) is 6.68. The Morgan fingerprint density at radius 2 is 1.68 bits per heavy atom. The Morgan fingerprint density at radius 3 is 2.35 bits per heavy atom. The molecule has 0 spiro atoms. The van der Waals surface area contributed by atoms with E-state index in [1.54, 1.807) is 12.4 Å². The van der Waals surface area contributed by atoms with Gasteiger partial charge in [0.15, 0.2) is 0 Å². The molecule has 1 atom stereocenters.